The van der Waals surface area contributed by atoms with Gasteiger partial charge in [0.25, 0.3) is 11.6 Å². The maximum absolute atomic E-state index is 12.3. The van der Waals surface area contributed by atoms with Crippen molar-refractivity contribution in [3.05, 3.63) is 63.7 Å². The molecule has 0 aromatic heterocycles. The molecule has 0 saturated carbocycles. The summed E-state index contributed by atoms with van der Waals surface area (Å²) in [5, 5.41) is 13.7. The smallest absolute Gasteiger partial charge is 0.282 e. The van der Waals surface area contributed by atoms with Gasteiger partial charge in [-0.15, -0.1) is 0 Å². The van der Waals surface area contributed by atoms with Crippen molar-refractivity contribution >= 4 is 11.6 Å². The first-order chi connectivity index (χ1) is 12.6. The molecule has 1 N–H and O–H groups in total. The molecule has 0 atom stereocenters. The van der Waals surface area contributed by atoms with Crippen molar-refractivity contribution < 1.29 is 19.2 Å². The Labute approximate surface area is 152 Å². The number of benzene rings is 2. The largest absolute Gasteiger partial charge is 0.493 e. The second kappa shape index (κ2) is 9.41. The summed E-state index contributed by atoms with van der Waals surface area (Å²) >= 11 is 0. The average molecular weight is 358 g/mol. The lowest BCUT2D eigenvalue weighted by Crippen LogP contribution is -2.23. The second-order valence-electron chi connectivity index (χ2n) is 5.64. The highest BCUT2D eigenvalue weighted by molar-refractivity contribution is 5.98. The SMILES string of the molecule is CCCCOc1ccc(CNC(=O)c2ccccc2[N+](=O)[O-])cc1OC. The van der Waals surface area contributed by atoms with Crippen LogP contribution in [0.25, 0.3) is 0 Å². The number of carbonyl (C=O) groups is 1. The number of hydrogen-bond acceptors (Lipinski definition) is 5. The molecule has 0 radical (unpaired) electrons. The van der Waals surface area contributed by atoms with Crippen molar-refractivity contribution in [1.29, 1.82) is 0 Å². The number of rotatable bonds is 9. The molecule has 26 heavy (non-hydrogen) atoms. The van der Waals surface area contributed by atoms with E-state index in [2.05, 4.69) is 12.2 Å². The third-order valence-electron chi connectivity index (χ3n) is 3.78. The van der Waals surface area contributed by atoms with E-state index in [0.717, 1.165) is 18.4 Å². The molecular formula is C19H22N2O5. The number of methoxy groups -OCH3 is 1. The number of hydrogen-bond donors (Lipinski definition) is 1. The summed E-state index contributed by atoms with van der Waals surface area (Å²) in [6.07, 6.45) is 1.99. The molecule has 7 nitrogen and oxygen atoms in total. The van der Waals surface area contributed by atoms with Crippen molar-refractivity contribution in [2.24, 2.45) is 0 Å². The molecule has 138 valence electrons. The fourth-order valence-electron chi connectivity index (χ4n) is 2.37. The van der Waals surface area contributed by atoms with Crippen LogP contribution in [-0.2, 0) is 6.54 Å². The number of nitro benzene ring substituents is 1. The molecule has 1 amide bonds. The number of para-hydroxylation sites is 1. The number of unbranched alkanes of at least 4 members (excludes halogenated alkanes) is 1. The Morgan fingerprint density at radius 3 is 2.65 bits per heavy atom. The first-order valence-corrected chi connectivity index (χ1v) is 8.38. The minimum Gasteiger partial charge on any atom is -0.493 e. The minimum absolute atomic E-state index is 0.0315. The number of nitrogens with one attached hydrogen (secondary N) is 1. The Kier molecular flexibility index (Phi) is 6.96. The van der Waals surface area contributed by atoms with Gasteiger partial charge in [-0.3, -0.25) is 14.9 Å². The summed E-state index contributed by atoms with van der Waals surface area (Å²) in [6.45, 7) is 2.92. The molecule has 0 heterocycles. The molecule has 0 fully saturated rings. The van der Waals surface area contributed by atoms with E-state index >= 15 is 0 Å². The molecular weight excluding hydrogens is 336 g/mol. The van der Waals surface area contributed by atoms with E-state index in [0.29, 0.717) is 18.1 Å². The van der Waals surface area contributed by atoms with E-state index in [9.17, 15) is 14.9 Å². The Hall–Kier alpha value is -3.09. The maximum atomic E-state index is 12.3. The highest BCUT2D eigenvalue weighted by Gasteiger charge is 2.18. The van der Waals surface area contributed by atoms with Crippen LogP contribution in [0.1, 0.15) is 35.7 Å². The molecule has 0 unspecified atom stereocenters. The Bertz CT molecular complexity index is 776. The summed E-state index contributed by atoms with van der Waals surface area (Å²) in [5.41, 5.74) is 0.614. The number of nitrogens with zero attached hydrogens (tertiary/aromatic N) is 1. The average Bonchev–Trinajstić information content (AvgIpc) is 2.66. The molecule has 2 rings (SSSR count). The van der Waals surface area contributed by atoms with E-state index in [1.807, 2.05) is 6.07 Å². The standard InChI is InChI=1S/C19H22N2O5/c1-3-4-11-26-17-10-9-14(12-18(17)25-2)13-20-19(22)15-7-5-6-8-16(15)21(23)24/h5-10,12H,3-4,11,13H2,1-2H3,(H,20,22). The monoisotopic (exact) mass is 358 g/mol. The number of nitro groups is 1. The third kappa shape index (κ3) is 4.95. The topological polar surface area (TPSA) is 90.7 Å². The minimum atomic E-state index is -0.569. The highest BCUT2D eigenvalue weighted by atomic mass is 16.6. The molecule has 0 saturated heterocycles. The van der Waals surface area contributed by atoms with Crippen LogP contribution < -0.4 is 14.8 Å². The predicted octanol–water partition coefficient (Wildman–Crippen LogP) is 3.71. The van der Waals surface area contributed by atoms with Gasteiger partial charge in [-0.1, -0.05) is 31.5 Å². The van der Waals surface area contributed by atoms with Crippen molar-refractivity contribution in [1.82, 2.24) is 5.32 Å². The normalized spacial score (nSPS) is 10.2. The summed E-state index contributed by atoms with van der Waals surface area (Å²) < 4.78 is 11.0. The van der Waals surface area contributed by atoms with Crippen LogP contribution in [0, 0.1) is 10.1 Å². The predicted molar refractivity (Wildman–Crippen MR) is 97.7 cm³/mol. The van der Waals surface area contributed by atoms with Crippen LogP contribution in [0.4, 0.5) is 5.69 Å². The quantitative estimate of drug-likeness (QED) is 0.419. The zero-order valence-corrected chi connectivity index (χ0v) is 14.9. The third-order valence-corrected chi connectivity index (χ3v) is 3.78. The van der Waals surface area contributed by atoms with Crippen LogP contribution in [0.15, 0.2) is 42.5 Å². The van der Waals surface area contributed by atoms with E-state index in [1.54, 1.807) is 25.3 Å². The first kappa shape index (κ1) is 19.2. The van der Waals surface area contributed by atoms with Gasteiger partial charge in [-0.25, -0.2) is 0 Å². The van der Waals surface area contributed by atoms with E-state index in [4.69, 9.17) is 9.47 Å². The molecule has 0 aliphatic rings. The van der Waals surface area contributed by atoms with Gasteiger partial charge in [-0.05, 0) is 30.2 Å². The van der Waals surface area contributed by atoms with Crippen molar-refractivity contribution in [3.8, 4) is 11.5 Å². The van der Waals surface area contributed by atoms with Crippen LogP contribution in [-0.4, -0.2) is 24.5 Å². The molecule has 7 heteroatoms. The summed E-state index contributed by atoms with van der Waals surface area (Å²) in [5.74, 6) is 0.729. The lowest BCUT2D eigenvalue weighted by molar-refractivity contribution is -0.385. The molecule has 0 aliphatic heterocycles. The lowest BCUT2D eigenvalue weighted by Gasteiger charge is -2.12. The fraction of sp³-hybridized carbons (Fsp3) is 0.316. The zero-order chi connectivity index (χ0) is 18.9. The second-order valence-corrected chi connectivity index (χ2v) is 5.64. The van der Waals surface area contributed by atoms with Crippen molar-refractivity contribution in [2.75, 3.05) is 13.7 Å². The molecule has 2 aromatic carbocycles. The first-order valence-electron chi connectivity index (χ1n) is 8.38. The van der Waals surface area contributed by atoms with Crippen LogP contribution in [0.3, 0.4) is 0 Å². The van der Waals surface area contributed by atoms with Gasteiger partial charge in [0, 0.05) is 12.6 Å². The Morgan fingerprint density at radius 2 is 1.96 bits per heavy atom. The van der Waals surface area contributed by atoms with Crippen LogP contribution >= 0.6 is 0 Å². The maximum Gasteiger partial charge on any atom is 0.282 e. The Balaban J connectivity index is 2.05. The molecule has 0 spiro atoms. The van der Waals surface area contributed by atoms with E-state index < -0.39 is 10.8 Å². The zero-order valence-electron chi connectivity index (χ0n) is 14.9. The van der Waals surface area contributed by atoms with Gasteiger partial charge in [0.05, 0.1) is 18.6 Å². The summed E-state index contributed by atoms with van der Waals surface area (Å²) in [4.78, 5) is 22.7. The van der Waals surface area contributed by atoms with Crippen molar-refractivity contribution in [2.45, 2.75) is 26.3 Å². The molecule has 0 bridgehead atoms. The van der Waals surface area contributed by atoms with Gasteiger partial charge >= 0.3 is 0 Å². The van der Waals surface area contributed by atoms with Crippen LogP contribution in [0.5, 0.6) is 11.5 Å². The van der Waals surface area contributed by atoms with Gasteiger partial charge in [0.15, 0.2) is 11.5 Å². The Morgan fingerprint density at radius 1 is 1.19 bits per heavy atom. The molecule has 2 aromatic rings. The lowest BCUT2D eigenvalue weighted by atomic mass is 10.1. The van der Waals surface area contributed by atoms with Crippen LogP contribution in [0.2, 0.25) is 0 Å². The van der Waals surface area contributed by atoms with Crippen molar-refractivity contribution in [3.63, 3.8) is 0 Å². The van der Waals surface area contributed by atoms with Gasteiger partial charge in [0.1, 0.15) is 5.56 Å². The van der Waals surface area contributed by atoms with Gasteiger partial charge < -0.3 is 14.8 Å². The molecule has 0 aliphatic carbocycles. The highest BCUT2D eigenvalue weighted by Crippen LogP contribution is 2.28. The van der Waals surface area contributed by atoms with E-state index in [-0.39, 0.29) is 17.8 Å². The number of ether oxygens (including phenoxy) is 2. The van der Waals surface area contributed by atoms with Gasteiger partial charge in [0.2, 0.25) is 0 Å². The number of carbonyl (C=O) groups excluding carboxylic acids is 1. The summed E-state index contributed by atoms with van der Waals surface area (Å²) in [7, 11) is 1.55. The number of amides is 1. The summed E-state index contributed by atoms with van der Waals surface area (Å²) in [6, 6.07) is 11.2. The van der Waals surface area contributed by atoms with Gasteiger partial charge in [-0.2, -0.15) is 0 Å². The van der Waals surface area contributed by atoms with E-state index in [1.165, 1.54) is 18.2 Å². The fourth-order valence-corrected chi connectivity index (χ4v) is 2.37.